The van der Waals surface area contributed by atoms with Crippen molar-refractivity contribution in [2.45, 2.75) is 51.9 Å². The standard InChI is InChI=1S/C37H39NO2/c1-4-6-7-8-21-38-22-19-30(20-23-38)28-13-15-31(16-14-28)36-26-34(37(39)40-5-2)25-33-24-32(17-18-35(33)36)29-11-9-27(3)10-12-29/h1,9-18,24-26,30H,5-8,19-23H2,2-3H3. The molecule has 5 rings (SSSR count). The molecule has 0 bridgehead atoms. The van der Waals surface area contributed by atoms with E-state index in [-0.39, 0.29) is 5.97 Å². The van der Waals surface area contributed by atoms with Gasteiger partial charge in [0.25, 0.3) is 0 Å². The minimum atomic E-state index is -0.283. The van der Waals surface area contributed by atoms with Gasteiger partial charge in [0.1, 0.15) is 0 Å². The van der Waals surface area contributed by atoms with Crippen LogP contribution in [0.4, 0.5) is 0 Å². The van der Waals surface area contributed by atoms with Crippen LogP contribution in [0, 0.1) is 19.3 Å². The number of aryl methyl sites for hydroxylation is 1. The van der Waals surface area contributed by atoms with Crippen LogP contribution < -0.4 is 0 Å². The molecule has 0 N–H and O–H groups in total. The average molecular weight is 530 g/mol. The van der Waals surface area contributed by atoms with Crippen LogP contribution in [0.15, 0.2) is 78.9 Å². The van der Waals surface area contributed by atoms with E-state index in [9.17, 15) is 4.79 Å². The summed E-state index contributed by atoms with van der Waals surface area (Å²) in [4.78, 5) is 15.4. The van der Waals surface area contributed by atoms with Gasteiger partial charge in [0.2, 0.25) is 0 Å². The second-order valence-corrected chi connectivity index (χ2v) is 10.9. The van der Waals surface area contributed by atoms with Crippen LogP contribution in [0.5, 0.6) is 0 Å². The molecule has 1 aliphatic rings. The number of terminal acetylenes is 1. The highest BCUT2D eigenvalue weighted by atomic mass is 16.5. The molecule has 4 aromatic carbocycles. The molecule has 0 spiro atoms. The fraction of sp³-hybridized carbons (Fsp3) is 0.324. The van der Waals surface area contributed by atoms with Crippen molar-refractivity contribution in [3.8, 4) is 34.6 Å². The van der Waals surface area contributed by atoms with Crippen molar-refractivity contribution in [2.75, 3.05) is 26.2 Å². The molecule has 1 heterocycles. The van der Waals surface area contributed by atoms with E-state index in [0.717, 1.165) is 59.9 Å². The molecule has 0 unspecified atom stereocenters. The lowest BCUT2D eigenvalue weighted by Crippen LogP contribution is -2.33. The Morgan fingerprint density at radius 1 is 0.900 bits per heavy atom. The maximum absolute atomic E-state index is 12.8. The zero-order chi connectivity index (χ0) is 27.9. The van der Waals surface area contributed by atoms with Crippen LogP contribution in [-0.4, -0.2) is 37.1 Å². The second-order valence-electron chi connectivity index (χ2n) is 10.9. The molecule has 0 aliphatic carbocycles. The highest BCUT2D eigenvalue weighted by Crippen LogP contribution is 2.35. The van der Waals surface area contributed by atoms with Crippen molar-refractivity contribution < 1.29 is 9.53 Å². The number of hydrogen-bond acceptors (Lipinski definition) is 3. The first-order valence-corrected chi connectivity index (χ1v) is 14.6. The molecule has 204 valence electrons. The number of rotatable bonds is 9. The number of hydrogen-bond donors (Lipinski definition) is 0. The number of fused-ring (bicyclic) bond motifs is 1. The van der Waals surface area contributed by atoms with E-state index >= 15 is 0 Å². The van der Waals surface area contributed by atoms with Gasteiger partial charge < -0.3 is 9.64 Å². The van der Waals surface area contributed by atoms with Gasteiger partial charge in [-0.2, -0.15) is 0 Å². The first kappa shape index (κ1) is 27.7. The molecule has 0 amide bonds. The molecule has 1 aliphatic heterocycles. The first-order chi connectivity index (χ1) is 19.6. The van der Waals surface area contributed by atoms with Crippen molar-refractivity contribution in [1.82, 2.24) is 4.90 Å². The molecule has 0 radical (unpaired) electrons. The Hall–Kier alpha value is -3.87. The van der Waals surface area contributed by atoms with E-state index in [1.807, 2.05) is 19.1 Å². The smallest absolute Gasteiger partial charge is 0.338 e. The first-order valence-electron chi connectivity index (χ1n) is 14.6. The third kappa shape index (κ3) is 6.46. The highest BCUT2D eigenvalue weighted by Gasteiger charge is 2.21. The number of nitrogens with zero attached hydrogens (tertiary/aromatic N) is 1. The normalized spacial score (nSPS) is 14.2. The molecule has 1 fully saturated rings. The fourth-order valence-electron chi connectivity index (χ4n) is 5.85. The monoisotopic (exact) mass is 529 g/mol. The van der Waals surface area contributed by atoms with Crippen molar-refractivity contribution in [3.63, 3.8) is 0 Å². The van der Waals surface area contributed by atoms with Crippen LogP contribution in [0.3, 0.4) is 0 Å². The Morgan fingerprint density at radius 2 is 1.60 bits per heavy atom. The maximum atomic E-state index is 12.8. The fourth-order valence-corrected chi connectivity index (χ4v) is 5.85. The van der Waals surface area contributed by atoms with Crippen molar-refractivity contribution in [1.29, 1.82) is 0 Å². The van der Waals surface area contributed by atoms with E-state index in [1.54, 1.807) is 0 Å². The zero-order valence-electron chi connectivity index (χ0n) is 23.8. The Labute approximate surface area is 239 Å². The van der Waals surface area contributed by atoms with Crippen LogP contribution in [0.1, 0.15) is 66.4 Å². The molecular formula is C37H39NO2. The number of carbonyl (C=O) groups is 1. The summed E-state index contributed by atoms with van der Waals surface area (Å²) >= 11 is 0. The molecule has 0 saturated carbocycles. The van der Waals surface area contributed by atoms with Gasteiger partial charge in [0.05, 0.1) is 12.2 Å². The second kappa shape index (κ2) is 13.0. The number of unbranched alkanes of at least 4 members (excludes halogenated alkanes) is 2. The summed E-state index contributed by atoms with van der Waals surface area (Å²) in [6.45, 7) is 7.76. The summed E-state index contributed by atoms with van der Waals surface area (Å²) in [5.74, 6) is 3.05. The number of carbonyl (C=O) groups excluding carboxylic acids is 1. The molecule has 1 saturated heterocycles. The topological polar surface area (TPSA) is 29.5 Å². The van der Waals surface area contributed by atoms with Gasteiger partial charge >= 0.3 is 5.97 Å². The summed E-state index contributed by atoms with van der Waals surface area (Å²) in [7, 11) is 0. The summed E-state index contributed by atoms with van der Waals surface area (Å²) in [5, 5.41) is 2.17. The van der Waals surface area contributed by atoms with Crippen LogP contribution in [0.2, 0.25) is 0 Å². The third-order valence-corrected chi connectivity index (χ3v) is 8.17. The van der Waals surface area contributed by atoms with Gasteiger partial charge in [-0.15, -0.1) is 12.3 Å². The molecule has 3 nitrogen and oxygen atoms in total. The Morgan fingerprint density at radius 3 is 2.30 bits per heavy atom. The average Bonchev–Trinajstić information content (AvgIpc) is 2.99. The Kier molecular flexibility index (Phi) is 8.99. The third-order valence-electron chi connectivity index (χ3n) is 8.17. The van der Waals surface area contributed by atoms with Gasteiger partial charge in [0.15, 0.2) is 0 Å². The van der Waals surface area contributed by atoms with Crippen LogP contribution in [-0.2, 0) is 4.74 Å². The predicted octanol–water partition coefficient (Wildman–Crippen LogP) is 8.64. The van der Waals surface area contributed by atoms with E-state index in [1.165, 1.54) is 36.0 Å². The number of ether oxygens (including phenoxy) is 1. The van der Waals surface area contributed by atoms with E-state index < -0.39 is 0 Å². The van der Waals surface area contributed by atoms with Crippen LogP contribution >= 0.6 is 0 Å². The lowest BCUT2D eigenvalue weighted by Gasteiger charge is -2.32. The Balaban J connectivity index is 1.40. The van der Waals surface area contributed by atoms with Gasteiger partial charge in [-0.1, -0.05) is 66.2 Å². The lowest BCUT2D eigenvalue weighted by atomic mass is 9.87. The maximum Gasteiger partial charge on any atom is 0.338 e. The summed E-state index contributed by atoms with van der Waals surface area (Å²) in [6, 6.07) is 28.1. The van der Waals surface area contributed by atoms with Gasteiger partial charge in [-0.3, -0.25) is 0 Å². The zero-order valence-corrected chi connectivity index (χ0v) is 23.8. The van der Waals surface area contributed by atoms with E-state index in [4.69, 9.17) is 11.2 Å². The largest absolute Gasteiger partial charge is 0.462 e. The molecule has 0 aromatic heterocycles. The summed E-state index contributed by atoms with van der Waals surface area (Å²) < 4.78 is 5.39. The molecule has 3 heteroatoms. The van der Waals surface area contributed by atoms with Crippen molar-refractivity contribution in [3.05, 3.63) is 95.6 Å². The SMILES string of the molecule is C#CCCCCN1CCC(c2ccc(-c3cc(C(=O)OCC)cc4cc(-c5ccc(C)cc5)ccc34)cc2)CC1. The van der Waals surface area contributed by atoms with Crippen LogP contribution in [0.25, 0.3) is 33.0 Å². The van der Waals surface area contributed by atoms with E-state index in [2.05, 4.69) is 84.5 Å². The molecule has 40 heavy (non-hydrogen) atoms. The van der Waals surface area contributed by atoms with Gasteiger partial charge in [-0.25, -0.2) is 4.79 Å². The summed E-state index contributed by atoms with van der Waals surface area (Å²) in [6.07, 6.45) is 11.0. The lowest BCUT2D eigenvalue weighted by molar-refractivity contribution is 0.0526. The molecule has 0 atom stereocenters. The predicted molar refractivity (Wildman–Crippen MR) is 167 cm³/mol. The minimum absolute atomic E-state index is 0.283. The van der Waals surface area contributed by atoms with E-state index in [0.29, 0.717) is 18.1 Å². The quantitative estimate of drug-likeness (QED) is 0.123. The Bertz CT molecular complexity index is 1490. The van der Waals surface area contributed by atoms with Crippen molar-refractivity contribution in [2.24, 2.45) is 0 Å². The van der Waals surface area contributed by atoms with Crippen molar-refractivity contribution >= 4 is 16.7 Å². The number of benzene rings is 4. The molecule has 4 aromatic rings. The highest BCUT2D eigenvalue weighted by molar-refractivity contribution is 6.04. The van der Waals surface area contributed by atoms with Gasteiger partial charge in [-0.05, 0) is 122 Å². The number of likely N-dealkylation sites (tertiary alicyclic amines) is 1. The number of esters is 1. The number of piperidine rings is 1. The van der Waals surface area contributed by atoms with Gasteiger partial charge in [0, 0.05) is 6.42 Å². The minimum Gasteiger partial charge on any atom is -0.462 e. The summed E-state index contributed by atoms with van der Waals surface area (Å²) in [5.41, 5.74) is 7.71. The molecular weight excluding hydrogens is 490 g/mol.